The maximum Gasteiger partial charge on any atom is 0.254 e. The predicted molar refractivity (Wildman–Crippen MR) is 129 cm³/mol. The number of ether oxygens (including phenoxy) is 4. The molecule has 5 rings (SSSR count). The summed E-state index contributed by atoms with van der Waals surface area (Å²) in [4.78, 5) is 13.0. The fourth-order valence-electron chi connectivity index (χ4n) is 4.51. The van der Waals surface area contributed by atoms with Crippen LogP contribution in [0.4, 0.5) is 0 Å². The van der Waals surface area contributed by atoms with Crippen LogP contribution in [-0.4, -0.2) is 29.2 Å². The van der Waals surface area contributed by atoms with Crippen LogP contribution in [0.15, 0.2) is 95.4 Å². The zero-order chi connectivity index (χ0) is 23.5. The Balaban J connectivity index is 1.31. The summed E-state index contributed by atoms with van der Waals surface area (Å²) in [6.07, 6.45) is 3.26. The molecule has 0 unspecified atom stereocenters. The van der Waals surface area contributed by atoms with Crippen LogP contribution in [0.5, 0.6) is 5.75 Å². The van der Waals surface area contributed by atoms with Gasteiger partial charge in [0.1, 0.15) is 24.6 Å². The summed E-state index contributed by atoms with van der Waals surface area (Å²) in [6.45, 7) is 5.13. The van der Waals surface area contributed by atoms with Crippen molar-refractivity contribution in [3.8, 4) is 5.75 Å². The van der Waals surface area contributed by atoms with E-state index in [1.807, 2.05) is 86.7 Å². The van der Waals surface area contributed by atoms with Crippen LogP contribution >= 0.6 is 0 Å². The van der Waals surface area contributed by atoms with Gasteiger partial charge in [0.2, 0.25) is 0 Å². The number of fused-ring (bicyclic) bond motifs is 1. The Morgan fingerprint density at radius 2 is 1.56 bits per heavy atom. The monoisotopic (exact) mass is 459 g/mol. The number of nitrogens with zero attached hydrogens (tertiary/aromatic N) is 1. The Labute approximate surface area is 199 Å². The molecule has 1 fully saturated rings. The van der Waals surface area contributed by atoms with Gasteiger partial charge in [0.05, 0.1) is 19.3 Å². The zero-order valence-corrected chi connectivity index (χ0v) is 19.4. The van der Waals surface area contributed by atoms with Crippen LogP contribution in [0.1, 0.15) is 31.0 Å². The molecule has 2 aromatic carbocycles. The summed E-state index contributed by atoms with van der Waals surface area (Å²) < 4.78 is 25.9. The Kier molecular flexibility index (Phi) is 6.37. The molecular formula is C28H29NO5. The molecular weight excluding hydrogens is 430 g/mol. The normalized spacial score (nSPS) is 22.9. The van der Waals surface area contributed by atoms with Gasteiger partial charge in [0.15, 0.2) is 5.79 Å². The SMILES string of the molecule is CC1(C)O[C@@H]2[C@H](O1)C(COCc1ccccc1)=C[C@H]2n1ccc(OCc2ccccc2)cc1=O. The van der Waals surface area contributed by atoms with E-state index < -0.39 is 5.79 Å². The minimum Gasteiger partial charge on any atom is -0.489 e. The third-order valence-corrected chi connectivity index (χ3v) is 6.09. The second-order valence-corrected chi connectivity index (χ2v) is 9.11. The van der Waals surface area contributed by atoms with E-state index in [1.165, 1.54) is 6.07 Å². The van der Waals surface area contributed by atoms with E-state index in [4.69, 9.17) is 18.9 Å². The number of benzene rings is 2. The van der Waals surface area contributed by atoms with Gasteiger partial charge in [0.25, 0.3) is 5.56 Å². The van der Waals surface area contributed by atoms with Gasteiger partial charge in [-0.05, 0) is 36.6 Å². The minimum absolute atomic E-state index is 0.148. The molecule has 0 radical (unpaired) electrons. The standard InChI is InChI=1S/C28H29NO5/c1-28(2)33-26-22(19-31-17-20-9-5-3-6-10-20)15-24(27(26)34-28)29-14-13-23(16-25(29)30)32-18-21-11-7-4-8-12-21/h3-16,24,26-27H,17-19H2,1-2H3/t24-,26-,27+/m1/s1. The zero-order valence-electron chi connectivity index (χ0n) is 19.4. The first-order valence-corrected chi connectivity index (χ1v) is 11.6. The molecule has 2 aliphatic rings. The van der Waals surface area contributed by atoms with Crippen LogP contribution in [0.3, 0.4) is 0 Å². The lowest BCUT2D eigenvalue weighted by molar-refractivity contribution is -0.148. The number of aromatic nitrogens is 1. The summed E-state index contributed by atoms with van der Waals surface area (Å²) in [5.41, 5.74) is 3.01. The van der Waals surface area contributed by atoms with E-state index in [2.05, 4.69) is 0 Å². The quantitative estimate of drug-likeness (QED) is 0.459. The molecule has 0 N–H and O–H groups in total. The molecule has 3 atom stereocenters. The number of hydrogen-bond acceptors (Lipinski definition) is 5. The summed E-state index contributed by atoms with van der Waals surface area (Å²) >= 11 is 0. The highest BCUT2D eigenvalue weighted by Crippen LogP contribution is 2.43. The van der Waals surface area contributed by atoms with Crippen molar-refractivity contribution in [3.63, 3.8) is 0 Å². The van der Waals surface area contributed by atoms with E-state index in [-0.39, 0.29) is 23.8 Å². The molecule has 2 heterocycles. The van der Waals surface area contributed by atoms with Gasteiger partial charge in [-0.3, -0.25) is 4.79 Å². The summed E-state index contributed by atoms with van der Waals surface area (Å²) in [7, 11) is 0. The average molecular weight is 460 g/mol. The lowest BCUT2D eigenvalue weighted by Gasteiger charge is -2.22. The Hall–Kier alpha value is -3.19. The molecule has 0 spiro atoms. The molecule has 0 saturated carbocycles. The highest BCUT2D eigenvalue weighted by atomic mass is 16.8. The maximum atomic E-state index is 13.0. The van der Waals surface area contributed by atoms with Crippen LogP contribution in [0.2, 0.25) is 0 Å². The minimum atomic E-state index is -0.727. The van der Waals surface area contributed by atoms with Crippen molar-refractivity contribution in [2.75, 3.05) is 6.61 Å². The first kappa shape index (κ1) is 22.6. The van der Waals surface area contributed by atoms with Gasteiger partial charge in [-0.15, -0.1) is 0 Å². The molecule has 1 aliphatic heterocycles. The summed E-state index contributed by atoms with van der Waals surface area (Å²) in [5.74, 6) is -0.187. The van der Waals surface area contributed by atoms with Crippen LogP contribution < -0.4 is 10.3 Å². The van der Waals surface area contributed by atoms with E-state index in [0.29, 0.717) is 25.6 Å². The van der Waals surface area contributed by atoms with Crippen molar-refractivity contribution in [2.45, 2.75) is 51.1 Å². The fraction of sp³-hybridized carbons (Fsp3) is 0.321. The molecule has 34 heavy (non-hydrogen) atoms. The highest BCUT2D eigenvalue weighted by molar-refractivity contribution is 5.28. The Morgan fingerprint density at radius 1 is 0.882 bits per heavy atom. The molecule has 6 heteroatoms. The van der Waals surface area contributed by atoms with Gasteiger partial charge in [-0.25, -0.2) is 0 Å². The van der Waals surface area contributed by atoms with Gasteiger partial charge in [0, 0.05) is 12.3 Å². The van der Waals surface area contributed by atoms with Crippen molar-refractivity contribution in [3.05, 3.63) is 112 Å². The second-order valence-electron chi connectivity index (χ2n) is 9.11. The van der Waals surface area contributed by atoms with Gasteiger partial charge in [-0.2, -0.15) is 0 Å². The number of hydrogen-bond donors (Lipinski definition) is 0. The third kappa shape index (κ3) is 4.99. The summed E-state index contributed by atoms with van der Waals surface area (Å²) in [5, 5.41) is 0. The lowest BCUT2D eigenvalue weighted by Crippen LogP contribution is -2.33. The molecule has 176 valence electrons. The average Bonchev–Trinajstić information content (AvgIpc) is 3.32. The number of pyridine rings is 1. The van der Waals surface area contributed by atoms with Gasteiger partial charge < -0.3 is 23.5 Å². The van der Waals surface area contributed by atoms with Crippen molar-refractivity contribution in [2.24, 2.45) is 0 Å². The molecule has 0 bridgehead atoms. The predicted octanol–water partition coefficient (Wildman–Crippen LogP) is 4.65. The van der Waals surface area contributed by atoms with Crippen molar-refractivity contribution >= 4 is 0 Å². The molecule has 1 aliphatic carbocycles. The number of rotatable bonds is 8. The second kappa shape index (κ2) is 9.58. The largest absolute Gasteiger partial charge is 0.489 e. The molecule has 6 nitrogen and oxygen atoms in total. The van der Waals surface area contributed by atoms with E-state index in [0.717, 1.165) is 16.7 Å². The topological polar surface area (TPSA) is 58.9 Å². The van der Waals surface area contributed by atoms with Crippen molar-refractivity contribution in [1.82, 2.24) is 4.57 Å². The Bertz CT molecular complexity index is 1200. The van der Waals surface area contributed by atoms with Crippen molar-refractivity contribution in [1.29, 1.82) is 0 Å². The van der Waals surface area contributed by atoms with E-state index in [9.17, 15) is 4.79 Å². The molecule has 1 aromatic heterocycles. The molecule has 1 saturated heterocycles. The smallest absolute Gasteiger partial charge is 0.254 e. The van der Waals surface area contributed by atoms with Crippen LogP contribution in [0, 0.1) is 0 Å². The van der Waals surface area contributed by atoms with Gasteiger partial charge >= 0.3 is 0 Å². The Morgan fingerprint density at radius 3 is 2.24 bits per heavy atom. The molecule has 0 amide bonds. The highest BCUT2D eigenvalue weighted by Gasteiger charge is 2.50. The first-order valence-electron chi connectivity index (χ1n) is 11.6. The lowest BCUT2D eigenvalue weighted by atomic mass is 10.1. The maximum absolute atomic E-state index is 13.0. The third-order valence-electron chi connectivity index (χ3n) is 6.09. The van der Waals surface area contributed by atoms with E-state index >= 15 is 0 Å². The van der Waals surface area contributed by atoms with Crippen LogP contribution in [0.25, 0.3) is 0 Å². The van der Waals surface area contributed by atoms with Crippen molar-refractivity contribution < 1.29 is 18.9 Å². The molecule has 3 aromatic rings. The van der Waals surface area contributed by atoms with Crippen LogP contribution in [-0.2, 0) is 27.4 Å². The summed E-state index contributed by atoms with van der Waals surface area (Å²) in [6, 6.07) is 23.0. The van der Waals surface area contributed by atoms with Gasteiger partial charge in [-0.1, -0.05) is 66.7 Å². The first-order chi connectivity index (χ1) is 16.5. The fourth-order valence-corrected chi connectivity index (χ4v) is 4.51. The van der Waals surface area contributed by atoms with E-state index in [1.54, 1.807) is 10.8 Å².